The van der Waals surface area contributed by atoms with Crippen molar-refractivity contribution >= 4 is 21.9 Å². The average molecular weight is 344 g/mol. The highest BCUT2D eigenvalue weighted by atomic mass is 19.2. The molecule has 0 aliphatic carbocycles. The SMILES string of the molecule is N#CC(C#N)=c1cc(F)c2c(F)c(=C(C#N)C#N)c(F)c(F)c2c1F. The predicted molar refractivity (Wildman–Crippen MR) is 72.3 cm³/mol. The number of benzene rings is 2. The third-order valence-corrected chi connectivity index (χ3v) is 3.25. The van der Waals surface area contributed by atoms with Gasteiger partial charge in [0.25, 0.3) is 0 Å². The zero-order valence-corrected chi connectivity index (χ0v) is 11.8. The molecule has 0 amide bonds. The van der Waals surface area contributed by atoms with E-state index >= 15 is 0 Å². The molecular weight excluding hydrogens is 343 g/mol. The van der Waals surface area contributed by atoms with Gasteiger partial charge in [-0.3, -0.25) is 0 Å². The smallest absolute Gasteiger partial charge is 0.171 e. The Bertz CT molecular complexity index is 1200. The molecule has 0 unspecified atom stereocenters. The first-order chi connectivity index (χ1) is 11.8. The quantitative estimate of drug-likeness (QED) is 0.539. The third kappa shape index (κ3) is 2.41. The lowest BCUT2D eigenvalue weighted by Crippen LogP contribution is -2.22. The minimum atomic E-state index is -2.07. The van der Waals surface area contributed by atoms with E-state index in [1.807, 2.05) is 0 Å². The van der Waals surface area contributed by atoms with Crippen molar-refractivity contribution in [1.82, 2.24) is 0 Å². The molecule has 25 heavy (non-hydrogen) atoms. The van der Waals surface area contributed by atoms with Crippen LogP contribution in [-0.2, 0) is 0 Å². The van der Waals surface area contributed by atoms with Crippen LogP contribution in [0.1, 0.15) is 0 Å². The predicted octanol–water partition coefficient (Wildman–Crippen LogP) is 1.93. The van der Waals surface area contributed by atoms with E-state index in [1.165, 1.54) is 12.1 Å². The molecule has 0 N–H and O–H groups in total. The van der Waals surface area contributed by atoms with Crippen molar-refractivity contribution in [3.8, 4) is 24.3 Å². The first-order valence-corrected chi connectivity index (χ1v) is 6.17. The van der Waals surface area contributed by atoms with Gasteiger partial charge in [-0.1, -0.05) is 0 Å². The van der Waals surface area contributed by atoms with Crippen molar-refractivity contribution in [3.63, 3.8) is 0 Å². The van der Waals surface area contributed by atoms with Crippen LogP contribution in [0.4, 0.5) is 22.0 Å². The lowest BCUT2D eigenvalue weighted by molar-refractivity contribution is 0.488. The molecule has 0 bridgehead atoms. The minimum Gasteiger partial charge on any atom is -0.206 e. The number of nitriles is 4. The summed E-state index contributed by atoms with van der Waals surface area (Å²) >= 11 is 0. The van der Waals surface area contributed by atoms with Crippen molar-refractivity contribution in [1.29, 1.82) is 21.0 Å². The first-order valence-electron chi connectivity index (χ1n) is 6.17. The summed E-state index contributed by atoms with van der Waals surface area (Å²) in [5.41, 5.74) is -2.12. The highest BCUT2D eigenvalue weighted by Crippen LogP contribution is 2.25. The summed E-state index contributed by atoms with van der Waals surface area (Å²) in [4.78, 5) is 0. The number of rotatable bonds is 0. The second-order valence-corrected chi connectivity index (χ2v) is 4.48. The van der Waals surface area contributed by atoms with Gasteiger partial charge in [0, 0.05) is 5.22 Å². The van der Waals surface area contributed by atoms with E-state index in [-0.39, 0.29) is 6.07 Å². The first kappa shape index (κ1) is 17.4. The lowest BCUT2D eigenvalue weighted by Gasteiger charge is -2.08. The molecule has 0 saturated carbocycles. The molecule has 0 heterocycles. The Morgan fingerprint density at radius 2 is 1.16 bits per heavy atom. The Morgan fingerprint density at radius 1 is 0.640 bits per heavy atom. The summed E-state index contributed by atoms with van der Waals surface area (Å²) in [7, 11) is 0. The third-order valence-electron chi connectivity index (χ3n) is 3.25. The van der Waals surface area contributed by atoms with Crippen molar-refractivity contribution in [2.75, 3.05) is 0 Å². The molecule has 2 aromatic rings. The lowest BCUT2D eigenvalue weighted by atomic mass is 10.0. The average Bonchev–Trinajstić information content (AvgIpc) is 2.60. The normalized spacial score (nSPS) is 9.64. The van der Waals surface area contributed by atoms with Crippen LogP contribution in [0.3, 0.4) is 0 Å². The molecule has 2 aromatic carbocycles. The summed E-state index contributed by atoms with van der Waals surface area (Å²) in [5, 5.41) is 29.5. The van der Waals surface area contributed by atoms with Crippen LogP contribution in [0.15, 0.2) is 6.07 Å². The highest BCUT2D eigenvalue weighted by Gasteiger charge is 2.25. The van der Waals surface area contributed by atoms with Crippen LogP contribution < -0.4 is 10.4 Å². The van der Waals surface area contributed by atoms with Crippen molar-refractivity contribution < 1.29 is 22.0 Å². The Labute approximate surface area is 135 Å². The van der Waals surface area contributed by atoms with Gasteiger partial charge in [-0.15, -0.1) is 0 Å². The van der Waals surface area contributed by atoms with Crippen LogP contribution >= 0.6 is 0 Å². The number of halogens is 5. The zero-order chi connectivity index (χ0) is 18.9. The second kappa shape index (κ2) is 6.28. The Balaban J connectivity index is 3.39. The van der Waals surface area contributed by atoms with E-state index in [0.29, 0.717) is 0 Å². The number of hydrogen-bond donors (Lipinski definition) is 0. The summed E-state index contributed by atoms with van der Waals surface area (Å²) in [6, 6.07) is 5.01. The van der Waals surface area contributed by atoms with Gasteiger partial charge in [0.15, 0.2) is 11.6 Å². The molecule has 0 aliphatic heterocycles. The van der Waals surface area contributed by atoms with Crippen molar-refractivity contribution in [3.05, 3.63) is 45.6 Å². The van der Waals surface area contributed by atoms with Crippen molar-refractivity contribution in [2.24, 2.45) is 0 Å². The molecule has 120 valence electrons. The van der Waals surface area contributed by atoms with E-state index in [2.05, 4.69) is 0 Å². The number of hydrogen-bond acceptors (Lipinski definition) is 4. The topological polar surface area (TPSA) is 95.2 Å². The minimum absolute atomic E-state index is 0.266. The summed E-state index contributed by atoms with van der Waals surface area (Å²) in [6.07, 6.45) is 0. The van der Waals surface area contributed by atoms with Gasteiger partial charge in [0.2, 0.25) is 0 Å². The maximum atomic E-state index is 14.4. The van der Waals surface area contributed by atoms with Crippen LogP contribution in [0.5, 0.6) is 0 Å². The van der Waals surface area contributed by atoms with Gasteiger partial charge in [-0.05, 0) is 6.07 Å². The van der Waals surface area contributed by atoms with E-state index in [1.54, 1.807) is 0 Å². The van der Waals surface area contributed by atoms with Crippen LogP contribution in [0.25, 0.3) is 21.9 Å². The maximum Gasteiger partial charge on any atom is 0.171 e. The van der Waals surface area contributed by atoms with E-state index in [0.717, 1.165) is 12.1 Å². The second-order valence-electron chi connectivity index (χ2n) is 4.48. The molecule has 9 heteroatoms. The Hall–Kier alpha value is -3.95. The largest absolute Gasteiger partial charge is 0.206 e. The van der Waals surface area contributed by atoms with E-state index < -0.39 is 61.4 Å². The molecule has 4 nitrogen and oxygen atoms in total. The molecule has 0 saturated heterocycles. The zero-order valence-electron chi connectivity index (χ0n) is 11.8. The summed E-state index contributed by atoms with van der Waals surface area (Å²) in [5.74, 6) is -9.34. The monoisotopic (exact) mass is 344 g/mol. The molecule has 0 fully saturated rings. The number of fused-ring (bicyclic) bond motifs is 1. The van der Waals surface area contributed by atoms with Gasteiger partial charge >= 0.3 is 0 Å². The fourth-order valence-corrected chi connectivity index (χ4v) is 2.17. The van der Waals surface area contributed by atoms with Crippen LogP contribution in [0.2, 0.25) is 0 Å². The van der Waals surface area contributed by atoms with Crippen molar-refractivity contribution in [2.45, 2.75) is 0 Å². The Kier molecular flexibility index (Phi) is 4.37. The summed E-state index contributed by atoms with van der Waals surface area (Å²) < 4.78 is 71.2. The molecule has 2 rings (SSSR count). The van der Waals surface area contributed by atoms with Gasteiger partial charge in [-0.2, -0.15) is 21.0 Å². The highest BCUT2D eigenvalue weighted by molar-refractivity contribution is 5.88. The van der Waals surface area contributed by atoms with Gasteiger partial charge in [0.05, 0.1) is 16.0 Å². The fourth-order valence-electron chi connectivity index (χ4n) is 2.17. The molecular formula is C16HF5N4. The van der Waals surface area contributed by atoms with Crippen LogP contribution in [-0.4, -0.2) is 0 Å². The maximum absolute atomic E-state index is 14.4. The van der Waals surface area contributed by atoms with E-state index in [9.17, 15) is 22.0 Å². The molecule has 0 spiro atoms. The fraction of sp³-hybridized carbons (Fsp3) is 0. The Morgan fingerprint density at radius 3 is 1.64 bits per heavy atom. The van der Waals surface area contributed by atoms with Gasteiger partial charge in [0.1, 0.15) is 52.9 Å². The van der Waals surface area contributed by atoms with Gasteiger partial charge < -0.3 is 0 Å². The standard InChI is InChI=1S/C16HF5N4/c17-9-1-8(6(2-22)3-23)13(18)12-11(9)14(19)10(7(4-24)5-25)15(20)16(12)21/h1H. The number of nitrogens with zero attached hydrogens (tertiary/aromatic N) is 4. The molecule has 0 atom stereocenters. The molecule has 0 radical (unpaired) electrons. The molecule has 0 aliphatic rings. The summed E-state index contributed by atoms with van der Waals surface area (Å²) in [6.45, 7) is 0. The van der Waals surface area contributed by atoms with Gasteiger partial charge in [-0.25, -0.2) is 22.0 Å². The van der Waals surface area contributed by atoms with Crippen LogP contribution in [0, 0.1) is 74.4 Å². The molecule has 0 aromatic heterocycles. The van der Waals surface area contributed by atoms with E-state index in [4.69, 9.17) is 21.0 Å².